The lowest BCUT2D eigenvalue weighted by Gasteiger charge is -2.14. The van der Waals surface area contributed by atoms with Gasteiger partial charge in [0.05, 0.1) is 21.3 Å². The second-order valence-corrected chi connectivity index (χ2v) is 5.91. The minimum atomic E-state index is -0.292. The minimum absolute atomic E-state index is 0.175. The van der Waals surface area contributed by atoms with Gasteiger partial charge in [0.25, 0.3) is 5.91 Å². The van der Waals surface area contributed by atoms with Crippen LogP contribution in [0.3, 0.4) is 0 Å². The Labute approximate surface area is 167 Å². The zero-order valence-corrected chi connectivity index (χ0v) is 16.5. The smallest absolute Gasteiger partial charge is 0.255 e. The van der Waals surface area contributed by atoms with Crippen LogP contribution in [0.4, 0.5) is 5.69 Å². The van der Waals surface area contributed by atoms with Crippen LogP contribution in [0, 0.1) is 6.92 Å². The molecule has 0 unspecified atom stereocenters. The predicted octanol–water partition coefficient (Wildman–Crippen LogP) is 3.24. The van der Waals surface area contributed by atoms with E-state index < -0.39 is 0 Å². The summed E-state index contributed by atoms with van der Waals surface area (Å²) in [7, 11) is 4.54. The average molecular weight is 399 g/mol. The molecule has 1 heterocycles. The molecule has 0 aliphatic heterocycles. The third kappa shape index (κ3) is 4.75. The largest absolute Gasteiger partial charge is 0.493 e. The number of nitrogens with zero attached hydrogens (tertiary/aromatic N) is 2. The molecule has 9 nitrogen and oxygen atoms in total. The van der Waals surface area contributed by atoms with E-state index in [9.17, 15) is 4.79 Å². The SMILES string of the molecule is COc1cc(NC(=O)c2ccc(OCc3noc(C)n3)cc2)cc(OC)c1OC. The van der Waals surface area contributed by atoms with Crippen molar-refractivity contribution >= 4 is 11.6 Å². The van der Waals surface area contributed by atoms with Crippen molar-refractivity contribution in [2.45, 2.75) is 13.5 Å². The topological polar surface area (TPSA) is 105 Å². The molecule has 29 heavy (non-hydrogen) atoms. The van der Waals surface area contributed by atoms with E-state index in [1.165, 1.54) is 21.3 Å². The number of benzene rings is 2. The molecule has 152 valence electrons. The highest BCUT2D eigenvalue weighted by Crippen LogP contribution is 2.40. The first-order chi connectivity index (χ1) is 14.0. The van der Waals surface area contributed by atoms with Crippen molar-refractivity contribution in [1.29, 1.82) is 0 Å². The number of carbonyl (C=O) groups is 1. The summed E-state index contributed by atoms with van der Waals surface area (Å²) in [5.74, 6) is 2.56. The van der Waals surface area contributed by atoms with E-state index in [4.69, 9.17) is 23.5 Å². The van der Waals surface area contributed by atoms with Gasteiger partial charge in [-0.05, 0) is 24.3 Å². The molecule has 0 atom stereocenters. The molecular weight excluding hydrogens is 378 g/mol. The first-order valence-electron chi connectivity index (χ1n) is 8.67. The van der Waals surface area contributed by atoms with E-state index in [0.717, 1.165) is 0 Å². The van der Waals surface area contributed by atoms with Crippen LogP contribution < -0.4 is 24.3 Å². The number of nitrogens with one attached hydrogen (secondary N) is 1. The third-order valence-electron chi connectivity index (χ3n) is 3.98. The number of hydrogen-bond donors (Lipinski definition) is 1. The number of methoxy groups -OCH3 is 3. The van der Waals surface area contributed by atoms with E-state index in [-0.39, 0.29) is 12.5 Å². The lowest BCUT2D eigenvalue weighted by atomic mass is 10.2. The Bertz CT molecular complexity index is 959. The van der Waals surface area contributed by atoms with Crippen molar-refractivity contribution < 1.29 is 28.3 Å². The Hall–Kier alpha value is -3.75. The van der Waals surface area contributed by atoms with Gasteiger partial charge < -0.3 is 28.8 Å². The van der Waals surface area contributed by atoms with Crippen LogP contribution in [0.5, 0.6) is 23.0 Å². The third-order valence-corrected chi connectivity index (χ3v) is 3.98. The van der Waals surface area contributed by atoms with Crippen LogP contribution in [-0.2, 0) is 6.61 Å². The molecule has 0 fully saturated rings. The summed E-state index contributed by atoms with van der Waals surface area (Å²) in [6, 6.07) is 10.0. The lowest BCUT2D eigenvalue weighted by Crippen LogP contribution is -2.12. The molecule has 0 saturated carbocycles. The van der Waals surface area contributed by atoms with Gasteiger partial charge in [-0.3, -0.25) is 4.79 Å². The van der Waals surface area contributed by atoms with Gasteiger partial charge in [0.2, 0.25) is 17.5 Å². The van der Waals surface area contributed by atoms with E-state index in [1.54, 1.807) is 43.3 Å². The molecule has 3 rings (SSSR count). The van der Waals surface area contributed by atoms with Crippen molar-refractivity contribution in [2.24, 2.45) is 0 Å². The van der Waals surface area contributed by atoms with Crippen molar-refractivity contribution in [3.8, 4) is 23.0 Å². The van der Waals surface area contributed by atoms with Crippen molar-refractivity contribution in [2.75, 3.05) is 26.6 Å². The maximum absolute atomic E-state index is 12.6. The van der Waals surface area contributed by atoms with Crippen molar-refractivity contribution in [1.82, 2.24) is 10.1 Å². The number of aromatic nitrogens is 2. The fourth-order valence-corrected chi connectivity index (χ4v) is 2.61. The normalized spacial score (nSPS) is 10.3. The molecule has 0 bridgehead atoms. The Morgan fingerprint density at radius 3 is 2.21 bits per heavy atom. The van der Waals surface area contributed by atoms with Crippen LogP contribution >= 0.6 is 0 Å². The zero-order valence-electron chi connectivity index (χ0n) is 16.5. The first-order valence-corrected chi connectivity index (χ1v) is 8.67. The van der Waals surface area contributed by atoms with Gasteiger partial charge >= 0.3 is 0 Å². The summed E-state index contributed by atoms with van der Waals surface area (Å²) < 4.78 is 26.3. The second-order valence-electron chi connectivity index (χ2n) is 5.91. The quantitative estimate of drug-likeness (QED) is 0.615. The molecule has 2 aromatic carbocycles. The summed E-state index contributed by atoms with van der Waals surface area (Å²) in [4.78, 5) is 16.6. The molecule has 0 radical (unpaired) electrons. The molecule has 0 saturated heterocycles. The Morgan fingerprint density at radius 1 is 1.03 bits per heavy atom. The zero-order chi connectivity index (χ0) is 20.8. The monoisotopic (exact) mass is 399 g/mol. The van der Waals surface area contributed by atoms with E-state index in [0.29, 0.717) is 46.0 Å². The van der Waals surface area contributed by atoms with Gasteiger partial charge in [-0.25, -0.2) is 0 Å². The maximum Gasteiger partial charge on any atom is 0.255 e. The van der Waals surface area contributed by atoms with E-state index in [1.807, 2.05) is 0 Å². The highest BCUT2D eigenvalue weighted by Gasteiger charge is 2.15. The second kappa shape index (κ2) is 8.96. The van der Waals surface area contributed by atoms with E-state index >= 15 is 0 Å². The van der Waals surface area contributed by atoms with E-state index in [2.05, 4.69) is 15.5 Å². The summed E-state index contributed by atoms with van der Waals surface area (Å²) in [6.45, 7) is 1.88. The Balaban J connectivity index is 1.67. The lowest BCUT2D eigenvalue weighted by molar-refractivity contribution is 0.102. The molecule has 3 aromatic rings. The molecule has 1 amide bonds. The Morgan fingerprint density at radius 2 is 1.69 bits per heavy atom. The molecule has 0 aliphatic carbocycles. The van der Waals surface area contributed by atoms with Crippen LogP contribution in [0.1, 0.15) is 22.1 Å². The van der Waals surface area contributed by atoms with Crippen molar-refractivity contribution in [3.63, 3.8) is 0 Å². The van der Waals surface area contributed by atoms with Crippen LogP contribution in [0.25, 0.3) is 0 Å². The van der Waals surface area contributed by atoms with Gasteiger partial charge in [-0.15, -0.1) is 0 Å². The number of ether oxygens (including phenoxy) is 4. The highest BCUT2D eigenvalue weighted by molar-refractivity contribution is 6.04. The number of carbonyl (C=O) groups excluding carboxylic acids is 1. The maximum atomic E-state index is 12.6. The standard InChI is InChI=1S/C20H21N3O6/c1-12-21-18(23-29-12)11-28-15-7-5-13(6-8-15)20(24)22-14-9-16(25-2)19(27-4)17(10-14)26-3/h5-10H,11H2,1-4H3,(H,22,24). The first kappa shape index (κ1) is 20.0. The summed E-state index contributed by atoms with van der Waals surface area (Å²) in [5, 5.41) is 6.57. The van der Waals surface area contributed by atoms with Gasteiger partial charge in [0, 0.05) is 30.3 Å². The molecule has 1 aromatic heterocycles. The predicted molar refractivity (Wildman–Crippen MR) is 104 cm³/mol. The van der Waals surface area contributed by atoms with Gasteiger partial charge in [-0.1, -0.05) is 5.16 Å². The molecule has 9 heteroatoms. The molecule has 0 aliphatic rings. The van der Waals surface area contributed by atoms with Gasteiger partial charge in [0.15, 0.2) is 18.1 Å². The number of rotatable bonds is 8. The number of anilines is 1. The van der Waals surface area contributed by atoms with Gasteiger partial charge in [-0.2, -0.15) is 4.98 Å². The minimum Gasteiger partial charge on any atom is -0.493 e. The van der Waals surface area contributed by atoms with Crippen LogP contribution in [0.2, 0.25) is 0 Å². The average Bonchev–Trinajstić information content (AvgIpc) is 3.16. The number of amides is 1. The molecule has 0 spiro atoms. The summed E-state index contributed by atoms with van der Waals surface area (Å²) in [6.07, 6.45) is 0. The fourth-order valence-electron chi connectivity index (χ4n) is 2.61. The summed E-state index contributed by atoms with van der Waals surface area (Å²) >= 11 is 0. The van der Waals surface area contributed by atoms with Crippen LogP contribution in [-0.4, -0.2) is 37.4 Å². The Kier molecular flexibility index (Phi) is 6.18. The number of hydrogen-bond acceptors (Lipinski definition) is 8. The van der Waals surface area contributed by atoms with Gasteiger partial charge in [0.1, 0.15) is 5.75 Å². The highest BCUT2D eigenvalue weighted by atomic mass is 16.5. The fraction of sp³-hybridized carbons (Fsp3) is 0.250. The molecular formula is C20H21N3O6. The van der Waals surface area contributed by atoms with Crippen molar-refractivity contribution in [3.05, 3.63) is 53.7 Å². The summed E-state index contributed by atoms with van der Waals surface area (Å²) in [5.41, 5.74) is 0.971. The van der Waals surface area contributed by atoms with Crippen LogP contribution in [0.15, 0.2) is 40.9 Å². The molecule has 1 N–H and O–H groups in total. The number of aryl methyl sites for hydroxylation is 1.